The number of pyridine rings is 1. The van der Waals surface area contributed by atoms with Crippen LogP contribution in [0, 0.1) is 10.1 Å². The van der Waals surface area contributed by atoms with Crippen LogP contribution in [0.2, 0.25) is 0 Å². The van der Waals surface area contributed by atoms with Gasteiger partial charge in [0.15, 0.2) is 23.1 Å². The predicted octanol–water partition coefficient (Wildman–Crippen LogP) is 4.17. The summed E-state index contributed by atoms with van der Waals surface area (Å²) in [5.41, 5.74) is 1.89. The molecule has 0 amide bonds. The standard InChI is InChI=1S/C21H23N3O3S/c1-5-12-22-20(28)18(23-13-10-16(11-14-23)21(2,3)4)19(25)15-6-8-17(9-7-15)24(26)27/h5-11,13-14H,1,12H2,2-4H3,(H-,22,25,28)/p+1. The molecule has 146 valence electrons. The van der Waals surface area contributed by atoms with Crippen LogP contribution in [0.5, 0.6) is 0 Å². The number of hydrogen-bond donors (Lipinski definition) is 2. The molecule has 6 nitrogen and oxygen atoms in total. The lowest BCUT2D eigenvalue weighted by Crippen LogP contribution is -2.41. The maximum Gasteiger partial charge on any atom is 0.287 e. The summed E-state index contributed by atoms with van der Waals surface area (Å²) in [7, 11) is 0. The number of aromatic nitrogens is 1. The topological polar surface area (TPSA) is 79.3 Å². The molecule has 7 heteroatoms. The van der Waals surface area contributed by atoms with Gasteiger partial charge in [0.25, 0.3) is 11.4 Å². The van der Waals surface area contributed by atoms with Crippen molar-refractivity contribution in [3.8, 4) is 0 Å². The molecule has 0 aliphatic rings. The molecule has 1 aromatic heterocycles. The molecule has 0 saturated carbocycles. The average Bonchev–Trinajstić information content (AvgIpc) is 2.66. The highest BCUT2D eigenvalue weighted by Crippen LogP contribution is 2.23. The molecule has 0 aliphatic heterocycles. The Bertz CT molecular complexity index is 911. The molecule has 0 unspecified atom stereocenters. The lowest BCUT2D eigenvalue weighted by molar-refractivity contribution is -0.576. The van der Waals surface area contributed by atoms with Gasteiger partial charge in [-0.05, 0) is 23.1 Å². The summed E-state index contributed by atoms with van der Waals surface area (Å²) in [5, 5.41) is 24.8. The van der Waals surface area contributed by atoms with Crippen molar-refractivity contribution in [2.24, 2.45) is 0 Å². The second-order valence-electron chi connectivity index (χ2n) is 7.24. The molecular formula is C21H24N3O3S+. The van der Waals surface area contributed by atoms with E-state index in [9.17, 15) is 15.2 Å². The van der Waals surface area contributed by atoms with E-state index < -0.39 is 4.92 Å². The first-order chi connectivity index (χ1) is 13.1. The number of nitrogens with zero attached hydrogens (tertiary/aromatic N) is 2. The molecule has 2 rings (SSSR count). The minimum atomic E-state index is -0.484. The number of hydrogen-bond acceptors (Lipinski definition) is 4. The van der Waals surface area contributed by atoms with Gasteiger partial charge in [-0.25, -0.2) is 0 Å². The van der Waals surface area contributed by atoms with Crippen LogP contribution < -0.4 is 9.88 Å². The van der Waals surface area contributed by atoms with Crippen molar-refractivity contribution >= 4 is 34.3 Å². The zero-order chi connectivity index (χ0) is 20.9. The van der Waals surface area contributed by atoms with Crippen molar-refractivity contribution in [1.82, 2.24) is 5.32 Å². The molecule has 0 bridgehead atoms. The van der Waals surface area contributed by atoms with Gasteiger partial charge in [-0.15, -0.1) is 6.58 Å². The second-order valence-corrected chi connectivity index (χ2v) is 7.65. The number of nitro benzene ring substituents is 1. The van der Waals surface area contributed by atoms with E-state index >= 15 is 0 Å². The number of aliphatic hydroxyl groups excluding tert-OH is 1. The van der Waals surface area contributed by atoms with Gasteiger partial charge in [-0.2, -0.15) is 4.57 Å². The lowest BCUT2D eigenvalue weighted by atomic mass is 9.88. The first-order valence-electron chi connectivity index (χ1n) is 8.74. The molecule has 2 aromatic rings. The van der Waals surface area contributed by atoms with Crippen LogP contribution in [0.1, 0.15) is 31.9 Å². The average molecular weight is 399 g/mol. The van der Waals surface area contributed by atoms with Crippen molar-refractivity contribution in [2.75, 3.05) is 6.54 Å². The van der Waals surface area contributed by atoms with E-state index in [1.54, 1.807) is 10.6 Å². The van der Waals surface area contributed by atoms with Crippen LogP contribution in [-0.2, 0) is 5.41 Å². The number of non-ortho nitro benzene ring substituents is 1. The summed E-state index contributed by atoms with van der Waals surface area (Å²) in [4.78, 5) is 10.7. The lowest BCUT2D eigenvalue weighted by Gasteiger charge is -2.18. The van der Waals surface area contributed by atoms with Crippen molar-refractivity contribution in [2.45, 2.75) is 26.2 Å². The van der Waals surface area contributed by atoms with Gasteiger partial charge in [0, 0.05) is 36.4 Å². The molecule has 2 N–H and O–H groups in total. The van der Waals surface area contributed by atoms with E-state index in [0.717, 1.165) is 5.56 Å². The van der Waals surface area contributed by atoms with E-state index in [1.807, 2.05) is 24.5 Å². The second kappa shape index (κ2) is 8.75. The van der Waals surface area contributed by atoms with Gasteiger partial charge in [0.1, 0.15) is 0 Å². The summed E-state index contributed by atoms with van der Waals surface area (Å²) in [5.74, 6) is -0.0787. The minimum Gasteiger partial charge on any atom is -0.502 e. The van der Waals surface area contributed by atoms with Gasteiger partial charge in [-0.3, -0.25) is 10.1 Å². The summed E-state index contributed by atoms with van der Waals surface area (Å²) >= 11 is 5.47. The van der Waals surface area contributed by atoms with Crippen molar-refractivity contribution in [3.63, 3.8) is 0 Å². The highest BCUT2D eigenvalue weighted by Gasteiger charge is 2.25. The molecule has 0 atom stereocenters. The number of benzene rings is 1. The highest BCUT2D eigenvalue weighted by molar-refractivity contribution is 7.81. The third-order valence-corrected chi connectivity index (χ3v) is 4.49. The molecule has 0 saturated heterocycles. The Morgan fingerprint density at radius 2 is 1.82 bits per heavy atom. The summed E-state index contributed by atoms with van der Waals surface area (Å²) in [6.45, 7) is 10.5. The Kier molecular flexibility index (Phi) is 6.64. The molecule has 28 heavy (non-hydrogen) atoms. The van der Waals surface area contributed by atoms with E-state index in [4.69, 9.17) is 12.2 Å². The van der Waals surface area contributed by atoms with Gasteiger partial charge >= 0.3 is 0 Å². The fourth-order valence-electron chi connectivity index (χ4n) is 2.55. The van der Waals surface area contributed by atoms with Crippen LogP contribution in [0.4, 0.5) is 5.69 Å². The fraction of sp³-hybridized carbons (Fsp3) is 0.238. The number of aliphatic hydroxyl groups is 1. The minimum absolute atomic E-state index is 0.00895. The zero-order valence-electron chi connectivity index (χ0n) is 16.2. The van der Waals surface area contributed by atoms with Crippen LogP contribution in [0.15, 0.2) is 61.4 Å². The van der Waals surface area contributed by atoms with Gasteiger partial charge in [0.05, 0.1) is 4.92 Å². The molecule has 1 aromatic carbocycles. The van der Waals surface area contributed by atoms with Crippen LogP contribution in [-0.4, -0.2) is 21.6 Å². The van der Waals surface area contributed by atoms with Gasteiger partial charge in [-0.1, -0.05) is 39.1 Å². The summed E-state index contributed by atoms with van der Waals surface area (Å²) < 4.78 is 1.73. The molecule has 1 heterocycles. The Labute approximate surface area is 170 Å². The number of thiocarbonyl (C=S) groups is 1. The van der Waals surface area contributed by atoms with E-state index in [1.165, 1.54) is 24.3 Å². The van der Waals surface area contributed by atoms with Crippen LogP contribution in [0.3, 0.4) is 0 Å². The number of nitrogens with one attached hydrogen (secondary N) is 1. The third-order valence-electron chi connectivity index (χ3n) is 4.15. The normalized spacial score (nSPS) is 12.1. The van der Waals surface area contributed by atoms with Crippen molar-refractivity contribution in [1.29, 1.82) is 0 Å². The molecule has 0 aliphatic carbocycles. The monoisotopic (exact) mass is 398 g/mol. The van der Waals surface area contributed by atoms with E-state index in [-0.39, 0.29) is 16.9 Å². The maximum atomic E-state index is 10.9. The van der Waals surface area contributed by atoms with Crippen molar-refractivity contribution in [3.05, 3.63) is 82.7 Å². The third kappa shape index (κ3) is 5.01. The Balaban J connectivity index is 2.54. The van der Waals surface area contributed by atoms with Crippen molar-refractivity contribution < 1.29 is 14.6 Å². The first-order valence-corrected chi connectivity index (χ1v) is 9.15. The van der Waals surface area contributed by atoms with E-state index in [2.05, 4.69) is 32.7 Å². The maximum absolute atomic E-state index is 10.9. The predicted molar refractivity (Wildman–Crippen MR) is 115 cm³/mol. The molecule has 0 fully saturated rings. The van der Waals surface area contributed by atoms with Crippen LogP contribution >= 0.6 is 12.2 Å². The Morgan fingerprint density at radius 3 is 2.29 bits per heavy atom. The SMILES string of the molecule is C=CCNC(=S)C(=C(O)c1ccc([N+](=O)[O-])cc1)[n+]1ccc(C(C)(C)C)cc1. The first kappa shape index (κ1) is 21.2. The van der Waals surface area contributed by atoms with Gasteiger partial charge < -0.3 is 10.4 Å². The molecular weight excluding hydrogens is 374 g/mol. The molecule has 0 radical (unpaired) electrons. The largest absolute Gasteiger partial charge is 0.502 e. The quantitative estimate of drug-likeness (QED) is 0.145. The number of nitro groups is 1. The van der Waals surface area contributed by atoms with E-state index in [0.29, 0.717) is 22.8 Å². The Hall–Kier alpha value is -3.06. The van der Waals surface area contributed by atoms with Gasteiger partial charge in [0.2, 0.25) is 0 Å². The fourth-order valence-corrected chi connectivity index (χ4v) is 2.83. The summed E-state index contributed by atoms with van der Waals surface area (Å²) in [6, 6.07) is 9.62. The van der Waals surface area contributed by atoms with Crippen LogP contribution in [0.25, 0.3) is 11.5 Å². The Morgan fingerprint density at radius 1 is 1.25 bits per heavy atom. The molecule has 0 spiro atoms. The smallest absolute Gasteiger partial charge is 0.287 e. The number of rotatable bonds is 6. The highest BCUT2D eigenvalue weighted by atomic mass is 32.1. The summed E-state index contributed by atoms with van der Waals surface area (Å²) in [6.07, 6.45) is 5.33. The zero-order valence-corrected chi connectivity index (χ0v) is 17.0.